The van der Waals surface area contributed by atoms with Crippen LogP contribution in [0.5, 0.6) is 0 Å². The van der Waals surface area contributed by atoms with E-state index in [1.54, 1.807) is 12.1 Å². The first kappa shape index (κ1) is 27.3. The zero-order valence-corrected chi connectivity index (χ0v) is 22.7. The SMILES string of the molecule is CC(C)c1c(C(=O)Cc2ccccc2)c(-c2ccccc2)c(-c2ccc(F)cc2)n1CC[C@@H]1CC(=O)CC(=O)O1. The molecular formula is C34H32FNO4. The molecule has 1 aliphatic heterocycles. The summed E-state index contributed by atoms with van der Waals surface area (Å²) in [6.45, 7) is 4.53. The number of Topliss-reactive ketones (excluding diaryl/α,β-unsaturated/α-hetero) is 2. The molecule has 5 nitrogen and oxygen atoms in total. The third-order valence-electron chi connectivity index (χ3n) is 7.29. The van der Waals surface area contributed by atoms with Crippen LogP contribution in [0.3, 0.4) is 0 Å². The molecule has 0 amide bonds. The minimum Gasteiger partial charge on any atom is -0.461 e. The van der Waals surface area contributed by atoms with Gasteiger partial charge in [-0.2, -0.15) is 0 Å². The molecule has 0 spiro atoms. The van der Waals surface area contributed by atoms with Gasteiger partial charge in [0.2, 0.25) is 0 Å². The predicted molar refractivity (Wildman–Crippen MR) is 153 cm³/mol. The largest absolute Gasteiger partial charge is 0.461 e. The maximum absolute atomic E-state index is 14.2. The average Bonchev–Trinajstić information content (AvgIpc) is 3.28. The van der Waals surface area contributed by atoms with E-state index in [9.17, 15) is 18.8 Å². The van der Waals surface area contributed by atoms with Crippen LogP contribution in [-0.4, -0.2) is 28.2 Å². The van der Waals surface area contributed by atoms with Crippen molar-refractivity contribution in [3.05, 3.63) is 108 Å². The van der Waals surface area contributed by atoms with Crippen molar-refractivity contribution in [1.82, 2.24) is 4.57 Å². The molecule has 0 aliphatic carbocycles. The Morgan fingerprint density at radius 3 is 2.20 bits per heavy atom. The van der Waals surface area contributed by atoms with Crippen molar-refractivity contribution < 1.29 is 23.5 Å². The van der Waals surface area contributed by atoms with Crippen LogP contribution in [0.4, 0.5) is 4.39 Å². The van der Waals surface area contributed by atoms with Gasteiger partial charge >= 0.3 is 5.97 Å². The minimum absolute atomic E-state index is 0.00450. The summed E-state index contributed by atoms with van der Waals surface area (Å²) in [4.78, 5) is 38.3. The number of nitrogens with zero attached hydrogens (tertiary/aromatic N) is 1. The van der Waals surface area contributed by atoms with Crippen LogP contribution >= 0.6 is 0 Å². The average molecular weight is 538 g/mol. The van der Waals surface area contributed by atoms with Crippen LogP contribution in [0.25, 0.3) is 22.4 Å². The lowest BCUT2D eigenvalue weighted by Gasteiger charge is -2.24. The van der Waals surface area contributed by atoms with Gasteiger partial charge in [0.1, 0.15) is 24.1 Å². The maximum atomic E-state index is 14.2. The number of cyclic esters (lactones) is 1. The lowest BCUT2D eigenvalue weighted by molar-refractivity contribution is -0.158. The molecule has 1 atom stereocenters. The summed E-state index contributed by atoms with van der Waals surface area (Å²) in [6.07, 6.45) is 0.124. The molecule has 0 unspecified atom stereocenters. The highest BCUT2D eigenvalue weighted by molar-refractivity contribution is 6.08. The van der Waals surface area contributed by atoms with Crippen molar-refractivity contribution in [1.29, 1.82) is 0 Å². The van der Waals surface area contributed by atoms with Gasteiger partial charge in [0.25, 0.3) is 0 Å². The molecule has 0 bridgehead atoms. The van der Waals surface area contributed by atoms with Crippen molar-refractivity contribution >= 4 is 17.5 Å². The Morgan fingerprint density at radius 1 is 0.925 bits per heavy atom. The molecular weight excluding hydrogens is 505 g/mol. The smallest absolute Gasteiger partial charge is 0.313 e. The number of hydrogen-bond donors (Lipinski definition) is 0. The number of ketones is 2. The first-order chi connectivity index (χ1) is 19.3. The number of ether oxygens (including phenoxy) is 1. The van der Waals surface area contributed by atoms with Gasteiger partial charge in [0, 0.05) is 42.6 Å². The Bertz CT molecular complexity index is 1510. The van der Waals surface area contributed by atoms with Gasteiger partial charge in [-0.1, -0.05) is 74.5 Å². The number of benzene rings is 3. The quantitative estimate of drug-likeness (QED) is 0.129. The minimum atomic E-state index is -0.527. The second kappa shape index (κ2) is 11.8. The van der Waals surface area contributed by atoms with Gasteiger partial charge in [-0.15, -0.1) is 0 Å². The van der Waals surface area contributed by atoms with Crippen molar-refractivity contribution in [3.8, 4) is 22.4 Å². The van der Waals surface area contributed by atoms with E-state index >= 15 is 0 Å². The highest BCUT2D eigenvalue weighted by Crippen LogP contribution is 2.43. The lowest BCUT2D eigenvalue weighted by atomic mass is 9.90. The first-order valence-corrected chi connectivity index (χ1v) is 13.7. The Hall–Kier alpha value is -4.32. The normalized spacial score (nSPS) is 15.3. The molecule has 6 heteroatoms. The van der Waals surface area contributed by atoms with Crippen molar-refractivity contribution in [3.63, 3.8) is 0 Å². The zero-order chi connectivity index (χ0) is 28.2. The molecule has 0 radical (unpaired) electrons. The number of aromatic nitrogens is 1. The van der Waals surface area contributed by atoms with Crippen LogP contribution in [0.2, 0.25) is 0 Å². The van der Waals surface area contributed by atoms with E-state index < -0.39 is 12.1 Å². The molecule has 4 aromatic rings. The fourth-order valence-corrected chi connectivity index (χ4v) is 5.61. The zero-order valence-electron chi connectivity index (χ0n) is 22.7. The van der Waals surface area contributed by atoms with Crippen molar-refractivity contribution in [2.45, 2.75) is 58.1 Å². The van der Waals surface area contributed by atoms with Crippen LogP contribution in [0.15, 0.2) is 84.9 Å². The highest BCUT2D eigenvalue weighted by atomic mass is 19.1. The fourth-order valence-electron chi connectivity index (χ4n) is 5.61. The summed E-state index contributed by atoms with van der Waals surface area (Å²) in [6, 6.07) is 25.7. The third-order valence-corrected chi connectivity index (χ3v) is 7.29. The summed E-state index contributed by atoms with van der Waals surface area (Å²) in [5.41, 5.74) is 5.70. The highest BCUT2D eigenvalue weighted by Gasteiger charge is 2.32. The molecule has 1 aromatic heterocycles. The van der Waals surface area contributed by atoms with Gasteiger partial charge in [0.15, 0.2) is 5.78 Å². The Labute approximate surface area is 233 Å². The maximum Gasteiger partial charge on any atom is 0.313 e. The molecule has 5 rings (SSSR count). The van der Waals surface area contributed by atoms with Gasteiger partial charge in [0.05, 0.1) is 5.69 Å². The van der Waals surface area contributed by atoms with Gasteiger partial charge in [-0.25, -0.2) is 4.39 Å². The van der Waals surface area contributed by atoms with Crippen molar-refractivity contribution in [2.75, 3.05) is 0 Å². The van der Waals surface area contributed by atoms with E-state index in [0.29, 0.717) is 18.5 Å². The van der Waals surface area contributed by atoms with E-state index in [-0.39, 0.29) is 42.6 Å². The Kier molecular flexibility index (Phi) is 8.06. The van der Waals surface area contributed by atoms with E-state index in [1.807, 2.05) is 60.7 Å². The first-order valence-electron chi connectivity index (χ1n) is 13.7. The predicted octanol–water partition coefficient (Wildman–Crippen LogP) is 7.17. The lowest BCUT2D eigenvalue weighted by Crippen LogP contribution is -2.30. The monoisotopic (exact) mass is 537 g/mol. The number of halogens is 1. The van der Waals surface area contributed by atoms with Crippen LogP contribution in [0, 0.1) is 5.82 Å². The van der Waals surface area contributed by atoms with Crippen molar-refractivity contribution in [2.24, 2.45) is 0 Å². The number of esters is 1. The Morgan fingerprint density at radius 2 is 1.57 bits per heavy atom. The van der Waals surface area contributed by atoms with E-state index in [4.69, 9.17) is 4.74 Å². The molecule has 1 fully saturated rings. The molecule has 1 aliphatic rings. The summed E-state index contributed by atoms with van der Waals surface area (Å²) < 4.78 is 21.6. The summed E-state index contributed by atoms with van der Waals surface area (Å²) in [5, 5.41) is 0. The van der Waals surface area contributed by atoms with E-state index in [0.717, 1.165) is 33.6 Å². The Balaban J connectivity index is 1.71. The second-order valence-corrected chi connectivity index (χ2v) is 10.6. The molecule has 204 valence electrons. The molecule has 3 aromatic carbocycles. The molecule has 2 heterocycles. The van der Waals surface area contributed by atoms with E-state index in [2.05, 4.69) is 18.4 Å². The third kappa shape index (κ3) is 5.81. The van der Waals surface area contributed by atoms with Gasteiger partial charge in [-0.3, -0.25) is 14.4 Å². The van der Waals surface area contributed by atoms with Gasteiger partial charge in [-0.05, 0) is 46.9 Å². The molecule has 40 heavy (non-hydrogen) atoms. The molecule has 1 saturated heterocycles. The van der Waals surface area contributed by atoms with E-state index in [1.165, 1.54) is 12.1 Å². The van der Waals surface area contributed by atoms with Crippen LogP contribution in [-0.2, 0) is 27.3 Å². The number of carbonyl (C=O) groups is 3. The number of rotatable bonds is 9. The second-order valence-electron chi connectivity index (χ2n) is 10.6. The number of hydrogen-bond acceptors (Lipinski definition) is 4. The van der Waals surface area contributed by atoms with Crippen LogP contribution < -0.4 is 0 Å². The number of carbonyl (C=O) groups excluding carboxylic acids is 3. The molecule has 0 saturated carbocycles. The van der Waals surface area contributed by atoms with Gasteiger partial charge < -0.3 is 9.30 Å². The molecule has 0 N–H and O–H groups in total. The van der Waals surface area contributed by atoms with Crippen LogP contribution in [0.1, 0.15) is 60.6 Å². The summed E-state index contributed by atoms with van der Waals surface area (Å²) in [5.74, 6) is -1.00. The summed E-state index contributed by atoms with van der Waals surface area (Å²) in [7, 11) is 0. The summed E-state index contributed by atoms with van der Waals surface area (Å²) >= 11 is 0. The standard InChI is InChI=1S/C34H32FNO4/c1-22(2)33-32(29(38)19-23-9-5-3-6-10-23)31(24-11-7-4-8-12-24)34(25-13-15-26(35)16-14-25)36(33)18-17-28-20-27(37)21-30(39)40-28/h3-16,22,28H,17-21H2,1-2H3/t28-/m1/s1. The topological polar surface area (TPSA) is 65.4 Å². The fraction of sp³-hybridized carbons (Fsp3) is 0.265.